The third-order valence-corrected chi connectivity index (χ3v) is 7.04. The molecular weight excluding hydrogens is 336 g/mol. The first-order chi connectivity index (χ1) is 12.5. The molecule has 0 aliphatic rings. The molecular formula is C23H26O2Si. The summed E-state index contributed by atoms with van der Waals surface area (Å²) in [7, 11) is -1.83. The lowest BCUT2D eigenvalue weighted by atomic mass is 9.83. The Hall–Kier alpha value is -2.36. The van der Waals surface area contributed by atoms with Crippen LogP contribution in [0.1, 0.15) is 31.9 Å². The second-order valence-corrected chi connectivity index (χ2v) is 9.99. The lowest BCUT2D eigenvalue weighted by Gasteiger charge is -2.25. The Morgan fingerprint density at radius 2 is 1.31 bits per heavy atom. The van der Waals surface area contributed by atoms with E-state index in [0.717, 1.165) is 11.1 Å². The van der Waals surface area contributed by atoms with Gasteiger partial charge in [0.2, 0.25) is 9.04 Å². The molecule has 3 rings (SSSR count). The molecule has 0 bridgehead atoms. The van der Waals surface area contributed by atoms with Crippen LogP contribution in [-0.4, -0.2) is 14.1 Å². The topological polar surface area (TPSA) is 29.5 Å². The zero-order valence-corrected chi connectivity index (χ0v) is 16.8. The van der Waals surface area contributed by atoms with Gasteiger partial charge in [-0.05, 0) is 27.4 Å². The summed E-state index contributed by atoms with van der Waals surface area (Å²) in [6, 6.07) is 26.6. The first kappa shape index (κ1) is 18.4. The molecule has 0 spiro atoms. The van der Waals surface area contributed by atoms with Gasteiger partial charge in [0.1, 0.15) is 5.75 Å². The second kappa shape index (κ2) is 7.90. The number of hydrogen-bond acceptors (Lipinski definition) is 2. The predicted octanol–water partition coefficient (Wildman–Crippen LogP) is 3.74. The fourth-order valence-electron chi connectivity index (χ4n) is 3.24. The van der Waals surface area contributed by atoms with Crippen molar-refractivity contribution in [1.29, 1.82) is 0 Å². The summed E-state index contributed by atoms with van der Waals surface area (Å²) in [6.07, 6.45) is 0. The number of phenols is 1. The first-order valence-corrected chi connectivity index (χ1v) is 10.6. The highest BCUT2D eigenvalue weighted by Crippen LogP contribution is 2.31. The zero-order chi connectivity index (χ0) is 18.6. The van der Waals surface area contributed by atoms with Crippen LogP contribution < -0.4 is 10.4 Å². The molecule has 0 saturated carbocycles. The average Bonchev–Trinajstić information content (AvgIpc) is 2.64. The molecule has 0 unspecified atom stereocenters. The first-order valence-electron chi connectivity index (χ1n) is 8.99. The maximum atomic E-state index is 10.4. The molecule has 3 heteroatoms. The molecule has 0 radical (unpaired) electrons. The Labute approximate surface area is 157 Å². The van der Waals surface area contributed by atoms with Gasteiger partial charge in [-0.1, -0.05) is 93.6 Å². The van der Waals surface area contributed by atoms with Gasteiger partial charge < -0.3 is 9.53 Å². The highest BCUT2D eigenvalue weighted by molar-refractivity contribution is 6.80. The van der Waals surface area contributed by atoms with Crippen molar-refractivity contribution in [3.8, 4) is 5.75 Å². The Morgan fingerprint density at radius 1 is 0.769 bits per heavy atom. The van der Waals surface area contributed by atoms with Gasteiger partial charge in [0.25, 0.3) is 0 Å². The quantitative estimate of drug-likeness (QED) is 0.701. The molecule has 0 aromatic heterocycles. The van der Waals surface area contributed by atoms with E-state index >= 15 is 0 Å². The Bertz CT molecular complexity index is 800. The maximum Gasteiger partial charge on any atom is 0.240 e. The van der Waals surface area contributed by atoms with Crippen LogP contribution in [0, 0.1) is 0 Å². The van der Waals surface area contributed by atoms with Crippen LogP contribution in [0.3, 0.4) is 0 Å². The molecule has 0 atom stereocenters. The van der Waals surface area contributed by atoms with Gasteiger partial charge >= 0.3 is 0 Å². The van der Waals surface area contributed by atoms with Crippen LogP contribution in [0.25, 0.3) is 0 Å². The number of benzene rings is 3. The summed E-state index contributed by atoms with van der Waals surface area (Å²) >= 11 is 0. The summed E-state index contributed by atoms with van der Waals surface area (Å²) in [5.41, 5.74) is 1.98. The fourth-order valence-corrected chi connectivity index (χ4v) is 5.48. The van der Waals surface area contributed by atoms with Crippen LogP contribution in [-0.2, 0) is 16.4 Å². The second-order valence-electron chi connectivity index (χ2n) is 7.57. The summed E-state index contributed by atoms with van der Waals surface area (Å²) in [4.78, 5) is 0. The van der Waals surface area contributed by atoms with E-state index in [2.05, 4.69) is 75.4 Å². The molecule has 0 amide bonds. The smallest absolute Gasteiger partial charge is 0.240 e. The maximum absolute atomic E-state index is 10.4. The molecule has 0 saturated heterocycles. The third-order valence-electron chi connectivity index (χ3n) is 4.56. The molecule has 3 aromatic rings. The van der Waals surface area contributed by atoms with Crippen LogP contribution >= 0.6 is 0 Å². The number of rotatable bonds is 5. The monoisotopic (exact) mass is 362 g/mol. The summed E-state index contributed by atoms with van der Waals surface area (Å²) in [5.74, 6) is 0.311. The molecule has 3 aromatic carbocycles. The van der Waals surface area contributed by atoms with Crippen molar-refractivity contribution < 1.29 is 9.53 Å². The molecule has 0 aliphatic carbocycles. The summed E-state index contributed by atoms with van der Waals surface area (Å²) < 4.78 is 6.50. The average molecular weight is 363 g/mol. The van der Waals surface area contributed by atoms with Gasteiger partial charge in [-0.15, -0.1) is 0 Å². The molecule has 2 nitrogen and oxygen atoms in total. The van der Waals surface area contributed by atoms with Crippen molar-refractivity contribution in [1.82, 2.24) is 0 Å². The minimum absolute atomic E-state index is 0.0476. The number of aromatic hydroxyl groups is 1. The molecule has 0 aliphatic heterocycles. The van der Waals surface area contributed by atoms with Crippen LogP contribution in [0.15, 0.2) is 78.9 Å². The minimum atomic E-state index is -1.83. The number of phenolic OH excluding ortho intramolecular Hbond substituents is 1. The van der Waals surface area contributed by atoms with E-state index < -0.39 is 9.04 Å². The van der Waals surface area contributed by atoms with Crippen LogP contribution in [0.4, 0.5) is 0 Å². The zero-order valence-electron chi connectivity index (χ0n) is 15.6. The molecule has 134 valence electrons. The van der Waals surface area contributed by atoms with Gasteiger partial charge in [-0.3, -0.25) is 0 Å². The van der Waals surface area contributed by atoms with E-state index in [1.54, 1.807) is 6.07 Å². The van der Waals surface area contributed by atoms with E-state index in [1.807, 2.05) is 18.2 Å². The van der Waals surface area contributed by atoms with Gasteiger partial charge in [0.15, 0.2) is 0 Å². The normalized spacial score (nSPS) is 11.7. The third kappa shape index (κ3) is 4.24. The van der Waals surface area contributed by atoms with Gasteiger partial charge in [-0.25, -0.2) is 0 Å². The van der Waals surface area contributed by atoms with Crippen molar-refractivity contribution in [2.24, 2.45) is 0 Å². The van der Waals surface area contributed by atoms with E-state index in [4.69, 9.17) is 4.43 Å². The van der Waals surface area contributed by atoms with Crippen molar-refractivity contribution in [2.75, 3.05) is 0 Å². The lowest BCUT2D eigenvalue weighted by Crippen LogP contribution is -2.44. The molecule has 1 N–H and O–H groups in total. The van der Waals surface area contributed by atoms with E-state index in [0.29, 0.717) is 12.4 Å². The van der Waals surface area contributed by atoms with Crippen LogP contribution in [0.2, 0.25) is 0 Å². The summed E-state index contributed by atoms with van der Waals surface area (Å²) in [5, 5.41) is 12.9. The standard InChI is InChI=1S/C23H26O2Si/c1-23(2,3)21-15-10-16-22(24)20(21)17-25-26(18-11-6-4-7-12-18)19-13-8-5-9-14-19/h4-16,24,26H,17H2,1-3H3. The van der Waals surface area contributed by atoms with E-state index in [-0.39, 0.29) is 5.41 Å². The number of hydrogen-bond donors (Lipinski definition) is 1. The SMILES string of the molecule is CC(C)(C)c1cccc(O)c1CO[SiH](c1ccccc1)c1ccccc1. The largest absolute Gasteiger partial charge is 0.508 e. The fraction of sp³-hybridized carbons (Fsp3) is 0.217. The Kier molecular flexibility index (Phi) is 5.60. The van der Waals surface area contributed by atoms with Crippen molar-refractivity contribution in [3.05, 3.63) is 90.0 Å². The van der Waals surface area contributed by atoms with Crippen molar-refractivity contribution >= 4 is 19.4 Å². The predicted molar refractivity (Wildman–Crippen MR) is 111 cm³/mol. The van der Waals surface area contributed by atoms with Crippen molar-refractivity contribution in [3.63, 3.8) is 0 Å². The Balaban J connectivity index is 1.93. The van der Waals surface area contributed by atoms with Gasteiger partial charge in [0.05, 0.1) is 6.61 Å². The van der Waals surface area contributed by atoms with Gasteiger partial charge in [0, 0.05) is 5.56 Å². The molecule has 26 heavy (non-hydrogen) atoms. The Morgan fingerprint density at radius 3 is 1.81 bits per heavy atom. The van der Waals surface area contributed by atoms with Crippen molar-refractivity contribution in [2.45, 2.75) is 32.8 Å². The molecule has 0 fully saturated rings. The lowest BCUT2D eigenvalue weighted by molar-refractivity contribution is 0.308. The minimum Gasteiger partial charge on any atom is -0.508 e. The van der Waals surface area contributed by atoms with Gasteiger partial charge in [-0.2, -0.15) is 0 Å². The van der Waals surface area contributed by atoms with Crippen LogP contribution in [0.5, 0.6) is 5.75 Å². The van der Waals surface area contributed by atoms with E-state index in [1.165, 1.54) is 10.4 Å². The highest BCUT2D eigenvalue weighted by Gasteiger charge is 2.23. The summed E-state index contributed by atoms with van der Waals surface area (Å²) in [6.45, 7) is 6.90. The highest BCUT2D eigenvalue weighted by atomic mass is 28.3. The molecule has 0 heterocycles. The van der Waals surface area contributed by atoms with E-state index in [9.17, 15) is 5.11 Å².